The average Bonchev–Trinajstić information content (AvgIpc) is 2.65. The molecular weight excluding hydrogens is 240 g/mol. The van der Waals surface area contributed by atoms with Gasteiger partial charge in [-0.2, -0.15) is 0 Å². The minimum atomic E-state index is -0.608. The number of benzene rings is 1. The van der Waals surface area contributed by atoms with Gasteiger partial charge in [-0.25, -0.2) is 0 Å². The Morgan fingerprint density at radius 3 is 2.84 bits per heavy atom. The fraction of sp³-hybridized carbons (Fsp3) is 0.333. The molecule has 2 heterocycles. The normalized spacial score (nSPS) is 25.4. The van der Waals surface area contributed by atoms with Gasteiger partial charge in [0.15, 0.2) is 0 Å². The van der Waals surface area contributed by atoms with Crippen LogP contribution in [0.3, 0.4) is 0 Å². The predicted molar refractivity (Wildman–Crippen MR) is 72.5 cm³/mol. The first-order chi connectivity index (χ1) is 9.04. The first kappa shape index (κ1) is 12.0. The lowest BCUT2D eigenvalue weighted by molar-refractivity contribution is -0.135. The Kier molecular flexibility index (Phi) is 2.49. The number of likely N-dealkylation sites (tertiary alicyclic amines) is 1. The summed E-state index contributed by atoms with van der Waals surface area (Å²) in [7, 11) is 0. The van der Waals surface area contributed by atoms with Crippen molar-refractivity contribution in [3.05, 3.63) is 42.1 Å². The molecule has 0 bridgehead atoms. The molecule has 1 unspecified atom stereocenters. The Balaban J connectivity index is 2.06. The number of carbonyl (C=O) groups is 2. The first-order valence-corrected chi connectivity index (χ1v) is 6.41. The zero-order valence-electron chi connectivity index (χ0n) is 10.9. The van der Waals surface area contributed by atoms with Crippen LogP contribution in [0.25, 0.3) is 0 Å². The second-order valence-electron chi connectivity index (χ2n) is 5.30. The maximum atomic E-state index is 12.4. The van der Waals surface area contributed by atoms with Crippen LogP contribution in [-0.4, -0.2) is 23.3 Å². The molecule has 1 spiro atoms. The number of nitrogens with one attached hydrogen (secondary N) is 1. The van der Waals surface area contributed by atoms with E-state index in [1.54, 1.807) is 11.8 Å². The van der Waals surface area contributed by atoms with Crippen molar-refractivity contribution in [1.29, 1.82) is 0 Å². The number of rotatable bonds is 1. The fourth-order valence-electron chi connectivity index (χ4n) is 3.02. The van der Waals surface area contributed by atoms with E-state index in [0.717, 1.165) is 11.3 Å². The molecule has 3 rings (SSSR count). The lowest BCUT2D eigenvalue weighted by atomic mass is 9.74. The second-order valence-corrected chi connectivity index (χ2v) is 5.30. The minimum absolute atomic E-state index is 0.00699. The van der Waals surface area contributed by atoms with Gasteiger partial charge in [0, 0.05) is 24.4 Å². The van der Waals surface area contributed by atoms with E-state index in [9.17, 15) is 9.59 Å². The van der Waals surface area contributed by atoms with Crippen molar-refractivity contribution < 1.29 is 9.59 Å². The highest BCUT2D eigenvalue weighted by molar-refractivity contribution is 6.07. The third-order valence-corrected chi connectivity index (χ3v) is 4.08. The van der Waals surface area contributed by atoms with E-state index in [2.05, 4.69) is 11.9 Å². The SMILES string of the molecule is C=C(C)N1CC2(CCC1=O)C(=O)Nc1ccccc12. The van der Waals surface area contributed by atoms with E-state index in [0.29, 0.717) is 25.1 Å². The van der Waals surface area contributed by atoms with Crippen molar-refractivity contribution in [1.82, 2.24) is 4.90 Å². The van der Waals surface area contributed by atoms with Crippen LogP contribution in [0.2, 0.25) is 0 Å². The quantitative estimate of drug-likeness (QED) is 0.835. The van der Waals surface area contributed by atoms with Crippen LogP contribution < -0.4 is 5.32 Å². The molecular formula is C15H16N2O2. The molecule has 1 N–H and O–H groups in total. The summed E-state index contributed by atoms with van der Waals surface area (Å²) in [6.45, 7) is 6.03. The molecule has 1 saturated heterocycles. The first-order valence-electron chi connectivity index (χ1n) is 6.41. The number of hydrogen-bond acceptors (Lipinski definition) is 2. The molecule has 0 aromatic heterocycles. The number of allylic oxidation sites excluding steroid dienone is 1. The molecule has 2 aliphatic heterocycles. The van der Waals surface area contributed by atoms with Crippen molar-refractivity contribution in [3.63, 3.8) is 0 Å². The molecule has 0 radical (unpaired) electrons. The number of fused-ring (bicyclic) bond motifs is 2. The van der Waals surface area contributed by atoms with Crippen molar-refractivity contribution in [2.75, 3.05) is 11.9 Å². The summed E-state index contributed by atoms with van der Waals surface area (Å²) < 4.78 is 0. The van der Waals surface area contributed by atoms with Crippen LogP contribution in [0.4, 0.5) is 5.69 Å². The summed E-state index contributed by atoms with van der Waals surface area (Å²) in [5.74, 6) is 0.0442. The lowest BCUT2D eigenvalue weighted by Crippen LogP contribution is -2.51. The predicted octanol–water partition coefficient (Wildman–Crippen LogP) is 2.03. The number of nitrogens with zero attached hydrogens (tertiary/aromatic N) is 1. The second kappa shape index (κ2) is 3.95. The van der Waals surface area contributed by atoms with Crippen LogP contribution in [0.15, 0.2) is 36.5 Å². The molecule has 2 amide bonds. The van der Waals surface area contributed by atoms with E-state index in [4.69, 9.17) is 0 Å². The van der Waals surface area contributed by atoms with E-state index in [-0.39, 0.29) is 11.8 Å². The number of para-hydroxylation sites is 1. The maximum Gasteiger partial charge on any atom is 0.236 e. The molecule has 0 aliphatic carbocycles. The Hall–Kier alpha value is -2.10. The Bertz CT molecular complexity index is 594. The van der Waals surface area contributed by atoms with Gasteiger partial charge in [-0.15, -0.1) is 0 Å². The number of hydrogen-bond donors (Lipinski definition) is 1. The molecule has 98 valence electrons. The molecule has 2 aliphatic rings. The number of piperidine rings is 1. The van der Waals surface area contributed by atoms with Gasteiger partial charge >= 0.3 is 0 Å². The van der Waals surface area contributed by atoms with Crippen LogP contribution in [0.5, 0.6) is 0 Å². The minimum Gasteiger partial charge on any atom is -0.325 e. The Morgan fingerprint density at radius 2 is 2.11 bits per heavy atom. The number of carbonyl (C=O) groups excluding carboxylic acids is 2. The topological polar surface area (TPSA) is 49.4 Å². The Labute approximate surface area is 112 Å². The van der Waals surface area contributed by atoms with Gasteiger partial charge in [-0.05, 0) is 25.0 Å². The van der Waals surface area contributed by atoms with Crippen molar-refractivity contribution >= 4 is 17.5 Å². The highest BCUT2D eigenvalue weighted by Gasteiger charge is 2.50. The van der Waals surface area contributed by atoms with E-state index in [1.807, 2.05) is 24.3 Å². The summed E-state index contributed by atoms with van der Waals surface area (Å²) >= 11 is 0. The lowest BCUT2D eigenvalue weighted by Gasteiger charge is -2.38. The third kappa shape index (κ3) is 1.59. The molecule has 1 aromatic rings. The highest BCUT2D eigenvalue weighted by atomic mass is 16.2. The monoisotopic (exact) mass is 256 g/mol. The molecule has 4 nitrogen and oxygen atoms in total. The smallest absolute Gasteiger partial charge is 0.236 e. The van der Waals surface area contributed by atoms with Crippen LogP contribution in [0.1, 0.15) is 25.3 Å². The van der Waals surface area contributed by atoms with E-state index >= 15 is 0 Å². The van der Waals surface area contributed by atoms with Gasteiger partial charge in [0.05, 0.1) is 5.41 Å². The standard InChI is InChI=1S/C15H16N2O2/c1-10(2)17-9-15(8-7-13(17)18)11-5-3-4-6-12(11)16-14(15)19/h3-6H,1,7-9H2,2H3,(H,16,19). The van der Waals surface area contributed by atoms with E-state index in [1.165, 1.54) is 0 Å². The average molecular weight is 256 g/mol. The van der Waals surface area contributed by atoms with Crippen molar-refractivity contribution in [2.45, 2.75) is 25.2 Å². The summed E-state index contributed by atoms with van der Waals surface area (Å²) in [4.78, 5) is 26.0. The van der Waals surface area contributed by atoms with Crippen molar-refractivity contribution in [3.8, 4) is 0 Å². The third-order valence-electron chi connectivity index (χ3n) is 4.08. The largest absolute Gasteiger partial charge is 0.325 e. The summed E-state index contributed by atoms with van der Waals surface area (Å²) in [5.41, 5.74) is 1.95. The number of anilines is 1. The zero-order chi connectivity index (χ0) is 13.6. The Morgan fingerprint density at radius 1 is 1.37 bits per heavy atom. The van der Waals surface area contributed by atoms with Gasteiger partial charge in [0.2, 0.25) is 11.8 Å². The van der Waals surface area contributed by atoms with Gasteiger partial charge in [-0.3, -0.25) is 9.59 Å². The molecule has 1 atom stereocenters. The molecule has 4 heteroatoms. The molecule has 19 heavy (non-hydrogen) atoms. The van der Waals surface area contributed by atoms with Crippen molar-refractivity contribution in [2.24, 2.45) is 0 Å². The van der Waals surface area contributed by atoms with Crippen LogP contribution in [0, 0.1) is 0 Å². The summed E-state index contributed by atoms with van der Waals surface area (Å²) in [5, 5.41) is 2.93. The molecule has 1 fully saturated rings. The van der Waals surface area contributed by atoms with Crippen LogP contribution >= 0.6 is 0 Å². The highest BCUT2D eigenvalue weighted by Crippen LogP contribution is 2.44. The van der Waals surface area contributed by atoms with Gasteiger partial charge in [0.25, 0.3) is 0 Å². The van der Waals surface area contributed by atoms with Gasteiger partial charge in [0.1, 0.15) is 0 Å². The van der Waals surface area contributed by atoms with Gasteiger partial charge < -0.3 is 10.2 Å². The van der Waals surface area contributed by atoms with Crippen LogP contribution in [-0.2, 0) is 15.0 Å². The number of amides is 2. The molecule has 0 saturated carbocycles. The van der Waals surface area contributed by atoms with Gasteiger partial charge in [-0.1, -0.05) is 24.8 Å². The van der Waals surface area contributed by atoms with E-state index < -0.39 is 5.41 Å². The molecule has 1 aromatic carbocycles. The zero-order valence-corrected chi connectivity index (χ0v) is 10.9. The maximum absolute atomic E-state index is 12.4. The fourth-order valence-corrected chi connectivity index (χ4v) is 3.02. The summed E-state index contributed by atoms with van der Waals surface area (Å²) in [6.07, 6.45) is 0.951. The summed E-state index contributed by atoms with van der Waals surface area (Å²) in [6, 6.07) is 7.72.